The normalized spacial score (nSPS) is 10.3. The van der Waals surface area contributed by atoms with Crippen LogP contribution in [-0.4, -0.2) is 4.84 Å². The van der Waals surface area contributed by atoms with Crippen LogP contribution in [0.1, 0.15) is 12.8 Å². The van der Waals surface area contributed by atoms with Gasteiger partial charge >= 0.3 is 0 Å². The second-order valence-electron chi connectivity index (χ2n) is 1.21. The van der Waals surface area contributed by atoms with Gasteiger partial charge in [-0.25, -0.2) is 0 Å². The molecule has 0 saturated heterocycles. The number of unbranched alkanes of at least 4 members (excludes halogenated alkanes) is 1. The Hall–Kier alpha value is 0.580. The molecule has 7 heavy (non-hydrogen) atoms. The smallest absolute Gasteiger partial charge is 0.105 e. The Kier molecular flexibility index (Phi) is 5.12. The maximum absolute atomic E-state index is 5.34. The second-order valence-corrected chi connectivity index (χ2v) is 2.38. The van der Waals surface area contributed by atoms with Crippen molar-refractivity contribution in [3.05, 3.63) is 13.3 Å². The predicted molar refractivity (Wildman–Crippen MR) is 34.4 cm³/mol. The van der Waals surface area contributed by atoms with Crippen molar-refractivity contribution < 1.29 is 0 Å². The molecule has 0 N–H and O–H groups in total. The fraction of sp³-hybridized carbons (Fsp3) is 0.600. The predicted octanol–water partition coefficient (Wildman–Crippen LogP) is 2.61. The number of hydrogen-bond donors (Lipinski definition) is 0. The van der Waals surface area contributed by atoms with Crippen LogP contribution >= 0.6 is 23.2 Å². The highest BCUT2D eigenvalue weighted by molar-refractivity contribution is 6.45. The first-order valence-corrected chi connectivity index (χ1v) is 3.05. The van der Waals surface area contributed by atoms with Crippen molar-refractivity contribution in [1.82, 2.24) is 0 Å². The summed E-state index contributed by atoms with van der Waals surface area (Å²) in [5.41, 5.74) is 0. The molecule has 0 spiro atoms. The highest BCUT2D eigenvalue weighted by atomic mass is 35.5. The summed E-state index contributed by atoms with van der Waals surface area (Å²) in [5.74, 6) is 0. The Labute approximate surface area is 54.8 Å². The number of alkyl halides is 2. The maximum Gasteiger partial charge on any atom is 0.111 e. The van der Waals surface area contributed by atoms with E-state index in [9.17, 15) is 0 Å². The molecule has 0 unspecified atom stereocenters. The molecule has 2 radical (unpaired) electrons. The van der Waals surface area contributed by atoms with Crippen LogP contribution < -0.4 is 0 Å². The van der Waals surface area contributed by atoms with Gasteiger partial charge in [0.1, 0.15) is 4.84 Å². The molecule has 0 saturated carbocycles. The maximum atomic E-state index is 5.34. The lowest BCUT2D eigenvalue weighted by atomic mass is 10.3. The first-order chi connectivity index (χ1) is 3.27. The molecule has 2 heteroatoms. The summed E-state index contributed by atoms with van der Waals surface area (Å²) >= 11 is 10.7. The van der Waals surface area contributed by atoms with E-state index in [1.165, 1.54) is 0 Å². The Morgan fingerprint density at radius 1 is 1.57 bits per heavy atom. The molecule has 0 nitrogen and oxygen atoms in total. The van der Waals surface area contributed by atoms with Crippen LogP contribution in [0.4, 0.5) is 0 Å². The van der Waals surface area contributed by atoms with Gasteiger partial charge in [-0.3, -0.25) is 0 Å². The number of rotatable bonds is 3. The van der Waals surface area contributed by atoms with E-state index in [0.29, 0.717) is 0 Å². The molecule has 0 aromatic carbocycles. The summed E-state index contributed by atoms with van der Waals surface area (Å²) in [6.45, 7) is 3.61. The molecule has 0 aliphatic carbocycles. The van der Waals surface area contributed by atoms with E-state index in [2.05, 4.69) is 6.92 Å². The van der Waals surface area contributed by atoms with Crippen LogP contribution in [0, 0.1) is 13.3 Å². The van der Waals surface area contributed by atoms with Gasteiger partial charge in [0.05, 0.1) is 0 Å². The summed E-state index contributed by atoms with van der Waals surface area (Å²) in [6, 6.07) is 0. The van der Waals surface area contributed by atoms with Crippen LogP contribution in [0.2, 0.25) is 0 Å². The minimum Gasteiger partial charge on any atom is -0.105 e. The van der Waals surface area contributed by atoms with Crippen LogP contribution in [0.3, 0.4) is 0 Å². The Morgan fingerprint density at radius 3 is 2.29 bits per heavy atom. The summed E-state index contributed by atoms with van der Waals surface area (Å²) in [7, 11) is 0. The van der Waals surface area contributed by atoms with Gasteiger partial charge in [-0.05, 0) is 12.8 Å². The Bertz CT molecular complexity index is 35.1. The van der Waals surface area contributed by atoms with E-state index < -0.39 is 0 Å². The van der Waals surface area contributed by atoms with Gasteiger partial charge < -0.3 is 0 Å². The van der Waals surface area contributed by atoms with E-state index in [4.69, 9.17) is 23.2 Å². The fourth-order valence-electron chi connectivity index (χ4n) is 0.244. The summed E-state index contributed by atoms with van der Waals surface area (Å²) < 4.78 is 0. The van der Waals surface area contributed by atoms with Gasteiger partial charge in [-0.1, -0.05) is 13.3 Å². The lowest BCUT2D eigenvalue weighted by Gasteiger charge is -1.93. The summed E-state index contributed by atoms with van der Waals surface area (Å²) in [6.07, 6.45) is 3.59. The van der Waals surface area contributed by atoms with Gasteiger partial charge in [0.25, 0.3) is 0 Å². The Balaban J connectivity index is 2.68. The standard InChI is InChI=1S/C5H8Cl2/c1-2-3-4-5(6)7/h4-5H,1-3H2. The lowest BCUT2D eigenvalue weighted by Crippen LogP contribution is -1.85. The zero-order valence-electron chi connectivity index (χ0n) is 4.03. The van der Waals surface area contributed by atoms with Gasteiger partial charge in [0.2, 0.25) is 0 Å². The van der Waals surface area contributed by atoms with Crippen LogP contribution in [0.15, 0.2) is 0 Å². The van der Waals surface area contributed by atoms with Crippen LogP contribution in [0.5, 0.6) is 0 Å². The Morgan fingerprint density at radius 2 is 2.14 bits per heavy atom. The monoisotopic (exact) mass is 138 g/mol. The molecular weight excluding hydrogens is 131 g/mol. The van der Waals surface area contributed by atoms with Crippen molar-refractivity contribution >= 4 is 23.2 Å². The molecule has 0 atom stereocenters. The van der Waals surface area contributed by atoms with E-state index in [-0.39, 0.29) is 4.84 Å². The third kappa shape index (κ3) is 6.58. The zero-order valence-corrected chi connectivity index (χ0v) is 5.54. The third-order valence-electron chi connectivity index (χ3n) is 0.549. The molecular formula is C5H8Cl2. The highest BCUT2D eigenvalue weighted by Gasteiger charge is 1.94. The SMILES string of the molecule is [CH2]CC[CH]C(Cl)Cl. The van der Waals surface area contributed by atoms with E-state index in [0.717, 1.165) is 12.8 Å². The van der Waals surface area contributed by atoms with Crippen molar-refractivity contribution in [3.8, 4) is 0 Å². The van der Waals surface area contributed by atoms with Gasteiger partial charge in [0, 0.05) is 0 Å². The molecule has 0 aromatic rings. The zero-order chi connectivity index (χ0) is 5.70. The quantitative estimate of drug-likeness (QED) is 0.527. The number of hydrogen-bond acceptors (Lipinski definition) is 0. The van der Waals surface area contributed by atoms with Gasteiger partial charge in [-0.15, -0.1) is 23.2 Å². The largest absolute Gasteiger partial charge is 0.111 e. The van der Waals surface area contributed by atoms with Crippen LogP contribution in [0.25, 0.3) is 0 Å². The third-order valence-corrected chi connectivity index (χ3v) is 0.905. The van der Waals surface area contributed by atoms with Crippen molar-refractivity contribution in [2.45, 2.75) is 17.7 Å². The second kappa shape index (κ2) is 4.73. The minimum absolute atomic E-state index is 0.318. The summed E-state index contributed by atoms with van der Waals surface area (Å²) in [5, 5.41) is 0. The lowest BCUT2D eigenvalue weighted by molar-refractivity contribution is 0.958. The van der Waals surface area contributed by atoms with Crippen molar-refractivity contribution in [1.29, 1.82) is 0 Å². The minimum atomic E-state index is -0.318. The molecule has 0 rings (SSSR count). The average Bonchev–Trinajstić information content (AvgIpc) is 1.61. The highest BCUT2D eigenvalue weighted by Crippen LogP contribution is 2.08. The summed E-state index contributed by atoms with van der Waals surface area (Å²) in [4.78, 5) is -0.318. The van der Waals surface area contributed by atoms with Crippen LogP contribution in [-0.2, 0) is 0 Å². The van der Waals surface area contributed by atoms with Crippen molar-refractivity contribution in [3.63, 3.8) is 0 Å². The van der Waals surface area contributed by atoms with E-state index in [1.54, 1.807) is 0 Å². The van der Waals surface area contributed by atoms with Gasteiger partial charge in [0.15, 0.2) is 0 Å². The molecule has 0 aromatic heterocycles. The van der Waals surface area contributed by atoms with Crippen molar-refractivity contribution in [2.24, 2.45) is 0 Å². The van der Waals surface area contributed by atoms with Gasteiger partial charge in [-0.2, -0.15) is 0 Å². The number of halogens is 2. The molecule has 42 valence electrons. The molecule has 0 aliphatic rings. The molecule has 0 bridgehead atoms. The first kappa shape index (κ1) is 7.58. The topological polar surface area (TPSA) is 0 Å². The first-order valence-electron chi connectivity index (χ1n) is 2.18. The molecule has 0 aliphatic heterocycles. The average molecular weight is 139 g/mol. The molecule has 0 heterocycles. The van der Waals surface area contributed by atoms with E-state index in [1.807, 2.05) is 6.42 Å². The fourth-order valence-corrected chi connectivity index (χ4v) is 0.496. The van der Waals surface area contributed by atoms with Crippen molar-refractivity contribution in [2.75, 3.05) is 0 Å². The molecule has 0 amide bonds. The van der Waals surface area contributed by atoms with E-state index >= 15 is 0 Å². The molecule has 0 fully saturated rings.